The highest BCUT2D eigenvalue weighted by Gasteiger charge is 2.15. The van der Waals surface area contributed by atoms with E-state index in [0.717, 1.165) is 9.13 Å². The Morgan fingerprint density at radius 3 is 2.50 bits per heavy atom. The number of nitrogens with one attached hydrogen (secondary N) is 1. The van der Waals surface area contributed by atoms with Crippen LogP contribution >= 0.6 is 34.2 Å². The normalized spacial score (nSPS) is 10.2. The molecule has 0 bridgehead atoms. The maximum atomic E-state index is 12.3. The average Bonchev–Trinajstić information content (AvgIpc) is 2.52. The van der Waals surface area contributed by atoms with Crippen LogP contribution in [0.1, 0.15) is 15.9 Å². The third kappa shape index (κ3) is 4.04. The Labute approximate surface area is 147 Å². The van der Waals surface area contributed by atoms with Crippen LogP contribution in [0.5, 0.6) is 11.5 Å². The van der Waals surface area contributed by atoms with Crippen molar-refractivity contribution in [3.8, 4) is 11.5 Å². The Hall–Kier alpha value is -1.47. The number of hydrogen-bond acceptors (Lipinski definition) is 3. The second-order valence-electron chi connectivity index (χ2n) is 4.50. The average molecular weight is 432 g/mol. The largest absolute Gasteiger partial charge is 0.493 e. The molecular weight excluding hydrogens is 417 g/mol. The second-order valence-corrected chi connectivity index (χ2v) is 6.10. The Bertz CT molecular complexity index is 691. The van der Waals surface area contributed by atoms with Gasteiger partial charge in [-0.25, -0.2) is 0 Å². The van der Waals surface area contributed by atoms with E-state index in [-0.39, 0.29) is 5.91 Å². The molecule has 0 aliphatic heterocycles. The first-order valence-electron chi connectivity index (χ1n) is 6.49. The maximum Gasteiger partial charge on any atom is 0.252 e. The molecule has 0 aliphatic rings. The summed E-state index contributed by atoms with van der Waals surface area (Å²) in [6, 6.07) is 10.8. The fourth-order valence-corrected chi connectivity index (χ4v) is 2.85. The number of hydrogen-bond donors (Lipinski definition) is 1. The van der Waals surface area contributed by atoms with Crippen molar-refractivity contribution in [1.29, 1.82) is 0 Å². The first-order valence-corrected chi connectivity index (χ1v) is 7.95. The highest BCUT2D eigenvalue weighted by molar-refractivity contribution is 14.1. The molecule has 1 N–H and O–H groups in total. The highest BCUT2D eigenvalue weighted by atomic mass is 127. The summed E-state index contributed by atoms with van der Waals surface area (Å²) >= 11 is 8.03. The third-order valence-electron chi connectivity index (χ3n) is 3.06. The summed E-state index contributed by atoms with van der Waals surface area (Å²) in [5.41, 5.74) is 1.48. The zero-order valence-electron chi connectivity index (χ0n) is 12.2. The van der Waals surface area contributed by atoms with Crippen molar-refractivity contribution in [2.24, 2.45) is 0 Å². The van der Waals surface area contributed by atoms with E-state index in [4.69, 9.17) is 21.1 Å². The quantitative estimate of drug-likeness (QED) is 0.731. The van der Waals surface area contributed by atoms with E-state index in [0.29, 0.717) is 28.6 Å². The number of carbonyl (C=O) groups is 1. The lowest BCUT2D eigenvalue weighted by Gasteiger charge is -2.12. The lowest BCUT2D eigenvalue weighted by atomic mass is 10.1. The molecule has 0 saturated heterocycles. The summed E-state index contributed by atoms with van der Waals surface area (Å²) in [4.78, 5) is 12.3. The van der Waals surface area contributed by atoms with E-state index in [9.17, 15) is 4.79 Å². The van der Waals surface area contributed by atoms with E-state index in [1.54, 1.807) is 32.4 Å². The number of benzene rings is 2. The molecule has 0 atom stereocenters. The van der Waals surface area contributed by atoms with Gasteiger partial charge < -0.3 is 14.8 Å². The summed E-state index contributed by atoms with van der Waals surface area (Å²) in [5.74, 6) is 0.944. The summed E-state index contributed by atoms with van der Waals surface area (Å²) in [6.45, 7) is 0.407. The molecule has 0 spiro atoms. The summed E-state index contributed by atoms with van der Waals surface area (Å²) in [6.07, 6.45) is 0. The van der Waals surface area contributed by atoms with Crippen LogP contribution in [0.4, 0.5) is 0 Å². The predicted molar refractivity (Wildman–Crippen MR) is 94.9 cm³/mol. The minimum absolute atomic E-state index is 0.176. The van der Waals surface area contributed by atoms with Crippen molar-refractivity contribution in [3.63, 3.8) is 0 Å². The molecule has 0 fully saturated rings. The first kappa shape index (κ1) is 16.9. The fourth-order valence-electron chi connectivity index (χ4n) is 1.95. The topological polar surface area (TPSA) is 47.6 Å². The van der Waals surface area contributed by atoms with Gasteiger partial charge in [-0.05, 0) is 52.4 Å². The lowest BCUT2D eigenvalue weighted by molar-refractivity contribution is 0.0949. The first-order chi connectivity index (χ1) is 10.5. The number of carbonyl (C=O) groups excluding carboxylic acids is 1. The van der Waals surface area contributed by atoms with E-state index in [1.165, 1.54) is 0 Å². The number of rotatable bonds is 5. The smallest absolute Gasteiger partial charge is 0.252 e. The molecule has 0 unspecified atom stereocenters. The van der Waals surface area contributed by atoms with Crippen LogP contribution in [0.2, 0.25) is 5.02 Å². The predicted octanol–water partition coefficient (Wildman–Crippen LogP) is 3.89. The van der Waals surface area contributed by atoms with Crippen LogP contribution in [0.3, 0.4) is 0 Å². The van der Waals surface area contributed by atoms with Crippen LogP contribution in [-0.4, -0.2) is 20.1 Å². The Morgan fingerprint density at radius 1 is 1.18 bits per heavy atom. The molecule has 0 aliphatic carbocycles. The van der Waals surface area contributed by atoms with Crippen LogP contribution in [-0.2, 0) is 6.54 Å². The zero-order chi connectivity index (χ0) is 16.1. The van der Waals surface area contributed by atoms with Gasteiger partial charge in [0.25, 0.3) is 5.91 Å². The fraction of sp³-hybridized carbons (Fsp3) is 0.188. The van der Waals surface area contributed by atoms with Crippen molar-refractivity contribution in [2.45, 2.75) is 6.54 Å². The maximum absolute atomic E-state index is 12.3. The van der Waals surface area contributed by atoms with E-state index < -0.39 is 0 Å². The van der Waals surface area contributed by atoms with Gasteiger partial charge in [-0.3, -0.25) is 4.79 Å². The molecule has 0 aromatic heterocycles. The molecule has 2 rings (SSSR count). The molecule has 1 amide bonds. The van der Waals surface area contributed by atoms with Crippen molar-refractivity contribution in [2.75, 3.05) is 14.2 Å². The molecule has 22 heavy (non-hydrogen) atoms. The summed E-state index contributed by atoms with van der Waals surface area (Å²) < 4.78 is 11.2. The van der Waals surface area contributed by atoms with Crippen molar-refractivity contribution in [1.82, 2.24) is 5.32 Å². The third-order valence-corrected chi connectivity index (χ3v) is 4.19. The minimum Gasteiger partial charge on any atom is -0.493 e. The van der Waals surface area contributed by atoms with Gasteiger partial charge in [0.05, 0.1) is 19.8 Å². The van der Waals surface area contributed by atoms with Gasteiger partial charge in [0.2, 0.25) is 0 Å². The molecule has 6 heteroatoms. The van der Waals surface area contributed by atoms with E-state index in [1.807, 2.05) is 18.2 Å². The number of halogens is 2. The molecule has 0 heterocycles. The van der Waals surface area contributed by atoms with Crippen LogP contribution in [0.25, 0.3) is 0 Å². The Balaban J connectivity index is 2.15. The molecule has 2 aromatic carbocycles. The van der Waals surface area contributed by atoms with Crippen molar-refractivity contribution in [3.05, 3.63) is 56.1 Å². The number of ether oxygens (including phenoxy) is 2. The highest BCUT2D eigenvalue weighted by Crippen LogP contribution is 2.31. The zero-order valence-corrected chi connectivity index (χ0v) is 15.1. The van der Waals surface area contributed by atoms with Gasteiger partial charge in [-0.2, -0.15) is 0 Å². The van der Waals surface area contributed by atoms with Crippen LogP contribution in [0, 0.1) is 3.57 Å². The van der Waals surface area contributed by atoms with Crippen LogP contribution in [0.15, 0.2) is 36.4 Å². The SMILES string of the molecule is COc1cc(I)c(C(=O)NCc2cccc(Cl)c2)cc1OC. The van der Waals surface area contributed by atoms with Gasteiger partial charge in [0, 0.05) is 15.1 Å². The molecule has 116 valence electrons. The van der Waals surface area contributed by atoms with E-state index >= 15 is 0 Å². The van der Waals surface area contributed by atoms with E-state index in [2.05, 4.69) is 27.9 Å². The van der Waals surface area contributed by atoms with Gasteiger partial charge in [-0.1, -0.05) is 23.7 Å². The molecular formula is C16H15ClINO3. The van der Waals surface area contributed by atoms with Gasteiger partial charge in [0.15, 0.2) is 11.5 Å². The molecule has 4 nitrogen and oxygen atoms in total. The summed E-state index contributed by atoms with van der Waals surface area (Å²) in [7, 11) is 3.10. The molecule has 2 aromatic rings. The van der Waals surface area contributed by atoms with Gasteiger partial charge in [0.1, 0.15) is 0 Å². The van der Waals surface area contributed by atoms with Crippen molar-refractivity contribution < 1.29 is 14.3 Å². The second kappa shape index (κ2) is 7.69. The lowest BCUT2D eigenvalue weighted by Crippen LogP contribution is -2.23. The minimum atomic E-state index is -0.176. The molecule has 0 radical (unpaired) electrons. The Morgan fingerprint density at radius 2 is 1.86 bits per heavy atom. The van der Waals surface area contributed by atoms with Gasteiger partial charge in [-0.15, -0.1) is 0 Å². The molecule has 0 saturated carbocycles. The van der Waals surface area contributed by atoms with Crippen molar-refractivity contribution >= 4 is 40.1 Å². The number of methoxy groups -OCH3 is 2. The summed E-state index contributed by atoms with van der Waals surface area (Å²) in [5, 5.41) is 3.52. The van der Waals surface area contributed by atoms with Crippen LogP contribution < -0.4 is 14.8 Å². The standard InChI is InChI=1S/C16H15ClINO3/c1-21-14-7-12(13(18)8-15(14)22-2)16(20)19-9-10-4-3-5-11(17)6-10/h3-8H,9H2,1-2H3,(H,19,20). The van der Waals surface area contributed by atoms with Gasteiger partial charge >= 0.3 is 0 Å². The Kier molecular flexibility index (Phi) is 5.90. The monoisotopic (exact) mass is 431 g/mol. The number of amides is 1.